The molecule has 2 heterocycles. The van der Waals surface area contributed by atoms with Gasteiger partial charge in [-0.15, -0.1) is 11.3 Å². The summed E-state index contributed by atoms with van der Waals surface area (Å²) in [6.45, 7) is 1.83. The van der Waals surface area contributed by atoms with Crippen molar-refractivity contribution >= 4 is 28.2 Å². The van der Waals surface area contributed by atoms with Crippen molar-refractivity contribution in [3.8, 4) is 0 Å². The molecule has 0 radical (unpaired) electrons. The van der Waals surface area contributed by atoms with E-state index in [2.05, 4.69) is 10.3 Å². The third-order valence-corrected chi connectivity index (χ3v) is 3.68. The molecule has 0 aromatic carbocycles. The Morgan fingerprint density at radius 3 is 3.00 bits per heavy atom. The lowest BCUT2D eigenvalue weighted by molar-refractivity contribution is -0.148. The number of carboxylic acids is 1. The molecule has 0 aliphatic rings. The number of aryl methyl sites for hydroxylation is 1. The van der Waals surface area contributed by atoms with Gasteiger partial charge >= 0.3 is 5.97 Å². The van der Waals surface area contributed by atoms with Crippen molar-refractivity contribution in [3.05, 3.63) is 23.0 Å². The van der Waals surface area contributed by atoms with Crippen LogP contribution in [-0.4, -0.2) is 46.1 Å². The van der Waals surface area contributed by atoms with Crippen molar-refractivity contribution in [1.29, 1.82) is 0 Å². The van der Waals surface area contributed by atoms with E-state index in [0.29, 0.717) is 0 Å². The zero-order chi connectivity index (χ0) is 14.7. The summed E-state index contributed by atoms with van der Waals surface area (Å²) in [7, 11) is 1.29. The summed E-state index contributed by atoms with van der Waals surface area (Å²) in [4.78, 5) is 27.7. The number of amides is 1. The molecule has 2 aromatic heterocycles. The Morgan fingerprint density at radius 2 is 2.35 bits per heavy atom. The summed E-state index contributed by atoms with van der Waals surface area (Å²) in [6, 6.07) is 0. The van der Waals surface area contributed by atoms with Crippen LogP contribution < -0.4 is 5.32 Å². The van der Waals surface area contributed by atoms with Gasteiger partial charge in [-0.3, -0.25) is 9.20 Å². The molecule has 0 saturated heterocycles. The largest absolute Gasteiger partial charge is 0.479 e. The molecule has 0 saturated carbocycles. The molecular weight excluding hydrogens is 282 g/mol. The molecule has 8 heteroatoms. The fourth-order valence-electron chi connectivity index (χ4n) is 1.77. The maximum Gasteiger partial charge on any atom is 0.334 e. The third-order valence-electron chi connectivity index (χ3n) is 2.79. The minimum absolute atomic E-state index is 0.0547. The van der Waals surface area contributed by atoms with E-state index in [1.807, 2.05) is 22.9 Å². The van der Waals surface area contributed by atoms with Crippen molar-refractivity contribution in [2.45, 2.75) is 19.4 Å². The fourth-order valence-corrected chi connectivity index (χ4v) is 2.69. The second-order valence-corrected chi connectivity index (χ2v) is 5.14. The maximum atomic E-state index is 11.8. The van der Waals surface area contributed by atoms with E-state index in [4.69, 9.17) is 9.84 Å². The predicted octanol–water partition coefficient (Wildman–Crippen LogP) is 0.463. The number of hydrogen-bond acceptors (Lipinski definition) is 5. The van der Waals surface area contributed by atoms with E-state index < -0.39 is 12.1 Å². The number of rotatable bonds is 6. The molecule has 0 spiro atoms. The lowest BCUT2D eigenvalue weighted by atomic mass is 10.3. The molecule has 108 valence electrons. The van der Waals surface area contributed by atoms with Crippen LogP contribution in [0.4, 0.5) is 0 Å². The first-order valence-electron chi connectivity index (χ1n) is 5.95. The Morgan fingerprint density at radius 1 is 1.60 bits per heavy atom. The van der Waals surface area contributed by atoms with Gasteiger partial charge in [-0.25, -0.2) is 9.78 Å². The first kappa shape index (κ1) is 14.5. The average molecular weight is 297 g/mol. The Hall–Kier alpha value is -1.93. The molecule has 0 aliphatic heterocycles. The van der Waals surface area contributed by atoms with Gasteiger partial charge in [0, 0.05) is 24.4 Å². The number of carbonyl (C=O) groups excluding carboxylic acids is 1. The smallest absolute Gasteiger partial charge is 0.334 e. The molecule has 2 aromatic rings. The summed E-state index contributed by atoms with van der Waals surface area (Å²) in [6.07, 6.45) is 1.01. The lowest BCUT2D eigenvalue weighted by Crippen LogP contribution is -2.38. The molecule has 7 nitrogen and oxygen atoms in total. The van der Waals surface area contributed by atoms with Gasteiger partial charge in [0.2, 0.25) is 5.91 Å². The Balaban J connectivity index is 1.96. The van der Waals surface area contributed by atoms with Crippen LogP contribution in [-0.2, 0) is 20.7 Å². The Labute approximate surface area is 119 Å². The van der Waals surface area contributed by atoms with Crippen molar-refractivity contribution < 1.29 is 19.4 Å². The number of imidazole rings is 1. The molecule has 1 amide bonds. The molecule has 2 N–H and O–H groups in total. The highest BCUT2D eigenvalue weighted by Gasteiger charge is 2.18. The summed E-state index contributed by atoms with van der Waals surface area (Å²) < 4.78 is 6.61. The van der Waals surface area contributed by atoms with Crippen molar-refractivity contribution in [1.82, 2.24) is 14.7 Å². The normalized spacial score (nSPS) is 12.5. The number of methoxy groups -OCH3 is 1. The topological polar surface area (TPSA) is 92.9 Å². The number of hydrogen-bond donors (Lipinski definition) is 2. The maximum absolute atomic E-state index is 11.8. The van der Waals surface area contributed by atoms with Crippen LogP contribution in [0.15, 0.2) is 11.6 Å². The second-order valence-electron chi connectivity index (χ2n) is 4.31. The van der Waals surface area contributed by atoms with Gasteiger partial charge in [0.25, 0.3) is 0 Å². The van der Waals surface area contributed by atoms with E-state index in [1.54, 1.807) is 0 Å². The number of nitrogens with zero attached hydrogens (tertiary/aromatic N) is 2. The van der Waals surface area contributed by atoms with Crippen LogP contribution in [0.2, 0.25) is 0 Å². The molecule has 1 unspecified atom stereocenters. The number of nitrogens with one attached hydrogen (secondary N) is 1. The van der Waals surface area contributed by atoms with Crippen LogP contribution in [0.3, 0.4) is 0 Å². The highest BCUT2D eigenvalue weighted by Crippen LogP contribution is 2.16. The molecule has 0 aliphatic carbocycles. The van der Waals surface area contributed by atoms with Crippen molar-refractivity contribution in [2.75, 3.05) is 13.7 Å². The zero-order valence-corrected chi connectivity index (χ0v) is 11.9. The molecule has 2 rings (SSSR count). The average Bonchev–Trinajstić information content (AvgIpc) is 2.90. The number of carboxylic acid groups (broad SMARTS) is 1. The first-order valence-corrected chi connectivity index (χ1v) is 6.83. The predicted molar refractivity (Wildman–Crippen MR) is 73.0 cm³/mol. The number of fused-ring (bicyclic) bond motifs is 1. The molecule has 0 bridgehead atoms. The summed E-state index contributed by atoms with van der Waals surface area (Å²) >= 11 is 1.46. The molecular formula is C12H15N3O4S. The van der Waals surface area contributed by atoms with E-state index in [-0.39, 0.29) is 18.9 Å². The fraction of sp³-hybridized carbons (Fsp3) is 0.417. The second kappa shape index (κ2) is 6.02. The third kappa shape index (κ3) is 3.14. The highest BCUT2D eigenvalue weighted by atomic mass is 32.1. The van der Waals surface area contributed by atoms with Crippen LogP contribution in [0.1, 0.15) is 11.4 Å². The summed E-state index contributed by atoms with van der Waals surface area (Å²) in [5.74, 6) is -1.35. The van der Waals surface area contributed by atoms with Crippen LogP contribution >= 0.6 is 11.3 Å². The van der Waals surface area contributed by atoms with Gasteiger partial charge in [0.15, 0.2) is 11.1 Å². The first-order chi connectivity index (χ1) is 9.51. The highest BCUT2D eigenvalue weighted by molar-refractivity contribution is 7.15. The van der Waals surface area contributed by atoms with Gasteiger partial charge < -0.3 is 15.2 Å². The monoisotopic (exact) mass is 297 g/mol. The van der Waals surface area contributed by atoms with E-state index in [0.717, 1.165) is 16.3 Å². The van der Waals surface area contributed by atoms with Gasteiger partial charge in [-0.05, 0) is 6.92 Å². The Bertz CT molecular complexity index is 634. The zero-order valence-electron chi connectivity index (χ0n) is 11.1. The number of aromatic nitrogens is 2. The van der Waals surface area contributed by atoms with Gasteiger partial charge in [-0.2, -0.15) is 0 Å². The number of ether oxygens (including phenoxy) is 1. The van der Waals surface area contributed by atoms with Gasteiger partial charge in [0.1, 0.15) is 0 Å². The quantitative estimate of drug-likeness (QED) is 0.808. The van der Waals surface area contributed by atoms with E-state index in [9.17, 15) is 9.59 Å². The van der Waals surface area contributed by atoms with E-state index >= 15 is 0 Å². The van der Waals surface area contributed by atoms with Gasteiger partial charge in [0.05, 0.1) is 18.7 Å². The van der Waals surface area contributed by atoms with Gasteiger partial charge in [-0.1, -0.05) is 0 Å². The number of aliphatic carboxylic acids is 1. The molecule has 1 atom stereocenters. The van der Waals surface area contributed by atoms with Crippen molar-refractivity contribution in [3.63, 3.8) is 0 Å². The summed E-state index contributed by atoms with van der Waals surface area (Å²) in [5, 5.41) is 13.2. The van der Waals surface area contributed by atoms with Crippen LogP contribution in [0.25, 0.3) is 4.96 Å². The molecule has 0 fully saturated rings. The van der Waals surface area contributed by atoms with Crippen molar-refractivity contribution in [2.24, 2.45) is 0 Å². The Kier molecular flexibility index (Phi) is 4.35. The number of thiazole rings is 1. The SMILES string of the molecule is COC(CNC(=O)Cc1csc2nc(C)cn12)C(=O)O. The molecule has 20 heavy (non-hydrogen) atoms. The minimum Gasteiger partial charge on any atom is -0.479 e. The summed E-state index contributed by atoms with van der Waals surface area (Å²) in [5.41, 5.74) is 1.72. The lowest BCUT2D eigenvalue weighted by Gasteiger charge is -2.11. The number of carbonyl (C=O) groups is 2. The standard InChI is InChI=1S/C12H15N3O4S/c1-7-5-15-8(6-20-12(15)14-7)3-10(16)13-4-9(19-2)11(17)18/h5-6,9H,3-4H2,1-2H3,(H,13,16)(H,17,18). The van der Waals surface area contributed by atoms with E-state index in [1.165, 1.54) is 18.4 Å². The van der Waals surface area contributed by atoms with Crippen LogP contribution in [0.5, 0.6) is 0 Å². The van der Waals surface area contributed by atoms with Crippen LogP contribution in [0, 0.1) is 6.92 Å². The minimum atomic E-state index is -1.10.